The third-order valence-corrected chi connectivity index (χ3v) is 0.789. The van der Waals surface area contributed by atoms with E-state index < -0.39 is 0 Å². The van der Waals surface area contributed by atoms with Crippen LogP contribution in [0.5, 0.6) is 0 Å². The molecule has 0 radical (unpaired) electrons. The highest BCUT2D eigenvalue weighted by atomic mass is 14.5. The van der Waals surface area contributed by atoms with E-state index in [1.807, 2.05) is 0 Å². The van der Waals surface area contributed by atoms with Gasteiger partial charge < -0.3 is 5.73 Å². The molecule has 56 valence electrons. The molecule has 0 rings (SSSR count). The van der Waals surface area contributed by atoms with Crippen molar-refractivity contribution < 1.29 is 0 Å². The van der Waals surface area contributed by atoms with Crippen molar-refractivity contribution >= 4 is 0 Å². The zero-order valence-electron chi connectivity index (χ0n) is 6.91. The van der Waals surface area contributed by atoms with Gasteiger partial charge in [0.25, 0.3) is 0 Å². The van der Waals surface area contributed by atoms with Gasteiger partial charge in [0, 0.05) is 6.54 Å². The molecular formula is C8H19N. The molecule has 0 aliphatic heterocycles. The Morgan fingerprint density at radius 2 is 1.67 bits per heavy atom. The zero-order valence-corrected chi connectivity index (χ0v) is 6.91. The van der Waals surface area contributed by atoms with Crippen molar-refractivity contribution in [3.05, 3.63) is 12.2 Å². The standard InChI is InChI=1S/C5H11N.C3H8/c1-3-5(2)4-6;1-3-2/h2-4,6H2,1H3;3H2,1-2H3. The fraction of sp³-hybridized carbons (Fsp3) is 0.750. The predicted octanol–water partition coefficient (Wildman–Crippen LogP) is 2.33. The Bertz CT molecular complexity index is 51.6. The molecule has 0 aromatic rings. The van der Waals surface area contributed by atoms with Crippen molar-refractivity contribution in [3.8, 4) is 0 Å². The van der Waals surface area contributed by atoms with Crippen LogP contribution in [0.3, 0.4) is 0 Å². The van der Waals surface area contributed by atoms with Gasteiger partial charge in [-0.15, -0.1) is 0 Å². The molecule has 0 atom stereocenters. The van der Waals surface area contributed by atoms with E-state index in [0.717, 1.165) is 12.0 Å². The van der Waals surface area contributed by atoms with E-state index in [0.29, 0.717) is 6.54 Å². The maximum absolute atomic E-state index is 5.18. The predicted molar refractivity (Wildman–Crippen MR) is 44.5 cm³/mol. The highest BCUT2D eigenvalue weighted by Gasteiger charge is 1.78. The third kappa shape index (κ3) is 18.3. The topological polar surface area (TPSA) is 26.0 Å². The Balaban J connectivity index is 0. The maximum atomic E-state index is 5.18. The molecule has 0 aliphatic carbocycles. The molecule has 0 spiro atoms. The quantitative estimate of drug-likeness (QED) is 0.569. The summed E-state index contributed by atoms with van der Waals surface area (Å²) < 4.78 is 0. The lowest BCUT2D eigenvalue weighted by atomic mass is 10.2. The van der Waals surface area contributed by atoms with Gasteiger partial charge in [0.2, 0.25) is 0 Å². The molecule has 0 saturated heterocycles. The molecule has 2 N–H and O–H groups in total. The third-order valence-electron chi connectivity index (χ3n) is 0.789. The largest absolute Gasteiger partial charge is 0.327 e. The Labute approximate surface area is 58.9 Å². The fourth-order valence-electron chi connectivity index (χ4n) is 0.144. The summed E-state index contributed by atoms with van der Waals surface area (Å²) in [5, 5.41) is 0. The first-order valence-electron chi connectivity index (χ1n) is 3.59. The lowest BCUT2D eigenvalue weighted by Crippen LogP contribution is -1.99. The van der Waals surface area contributed by atoms with Crippen molar-refractivity contribution in [1.82, 2.24) is 0 Å². The molecule has 0 fully saturated rings. The van der Waals surface area contributed by atoms with Crippen LogP contribution in [0.4, 0.5) is 0 Å². The second-order valence-corrected chi connectivity index (χ2v) is 2.01. The summed E-state index contributed by atoms with van der Waals surface area (Å²) in [6.07, 6.45) is 2.26. The number of nitrogens with two attached hydrogens (primary N) is 1. The van der Waals surface area contributed by atoms with Crippen LogP contribution in [0.1, 0.15) is 33.6 Å². The lowest BCUT2D eigenvalue weighted by Gasteiger charge is -1.89. The van der Waals surface area contributed by atoms with Crippen LogP contribution in [0.2, 0.25) is 0 Å². The van der Waals surface area contributed by atoms with Gasteiger partial charge in [-0.1, -0.05) is 39.3 Å². The fourth-order valence-corrected chi connectivity index (χ4v) is 0.144. The summed E-state index contributed by atoms with van der Waals surface area (Å²) in [7, 11) is 0. The summed E-state index contributed by atoms with van der Waals surface area (Å²) in [4.78, 5) is 0. The molecule has 0 heterocycles. The van der Waals surface area contributed by atoms with Gasteiger partial charge in [0.05, 0.1) is 0 Å². The van der Waals surface area contributed by atoms with Crippen LogP contribution in [0.25, 0.3) is 0 Å². The SMILES string of the molecule is C=C(CC)CN.CCC. The van der Waals surface area contributed by atoms with E-state index in [9.17, 15) is 0 Å². The molecule has 0 aromatic heterocycles. The Morgan fingerprint density at radius 1 is 1.33 bits per heavy atom. The minimum Gasteiger partial charge on any atom is -0.327 e. The van der Waals surface area contributed by atoms with Crippen LogP contribution in [-0.2, 0) is 0 Å². The summed E-state index contributed by atoms with van der Waals surface area (Å²) in [6, 6.07) is 0. The van der Waals surface area contributed by atoms with Crippen molar-refractivity contribution in [3.63, 3.8) is 0 Å². The molecule has 0 aliphatic rings. The molecule has 1 heteroatoms. The average molecular weight is 129 g/mol. The van der Waals surface area contributed by atoms with Crippen LogP contribution in [-0.4, -0.2) is 6.54 Å². The van der Waals surface area contributed by atoms with Crippen molar-refractivity contribution in [1.29, 1.82) is 0 Å². The number of rotatable bonds is 2. The molecule has 0 bridgehead atoms. The lowest BCUT2D eigenvalue weighted by molar-refractivity contribution is 1.02. The highest BCUT2D eigenvalue weighted by molar-refractivity contribution is 4.92. The molecular weight excluding hydrogens is 110 g/mol. The molecule has 1 nitrogen and oxygen atoms in total. The molecule has 0 saturated carbocycles. The maximum Gasteiger partial charge on any atom is 0.0134 e. The smallest absolute Gasteiger partial charge is 0.0134 e. The van der Waals surface area contributed by atoms with E-state index in [4.69, 9.17) is 5.73 Å². The molecule has 0 unspecified atom stereocenters. The van der Waals surface area contributed by atoms with Crippen LogP contribution >= 0.6 is 0 Å². The van der Waals surface area contributed by atoms with Crippen molar-refractivity contribution in [2.75, 3.05) is 6.54 Å². The van der Waals surface area contributed by atoms with E-state index >= 15 is 0 Å². The van der Waals surface area contributed by atoms with E-state index in [1.165, 1.54) is 6.42 Å². The monoisotopic (exact) mass is 129 g/mol. The van der Waals surface area contributed by atoms with E-state index in [1.54, 1.807) is 0 Å². The van der Waals surface area contributed by atoms with Crippen molar-refractivity contribution in [2.24, 2.45) is 5.73 Å². The van der Waals surface area contributed by atoms with Gasteiger partial charge in [0.1, 0.15) is 0 Å². The van der Waals surface area contributed by atoms with Gasteiger partial charge in [-0.2, -0.15) is 0 Å². The molecule has 9 heavy (non-hydrogen) atoms. The van der Waals surface area contributed by atoms with E-state index in [-0.39, 0.29) is 0 Å². The van der Waals surface area contributed by atoms with Gasteiger partial charge in [-0.05, 0) is 6.42 Å². The summed E-state index contributed by atoms with van der Waals surface area (Å²) in [6.45, 7) is 10.6. The normalized spacial score (nSPS) is 7.56. The number of hydrogen-bond acceptors (Lipinski definition) is 1. The first-order valence-corrected chi connectivity index (χ1v) is 3.59. The van der Waals surface area contributed by atoms with Gasteiger partial charge in [-0.25, -0.2) is 0 Å². The zero-order chi connectivity index (χ0) is 7.70. The molecule has 0 amide bonds. The molecule has 0 aromatic carbocycles. The van der Waals surface area contributed by atoms with Crippen molar-refractivity contribution in [2.45, 2.75) is 33.6 Å². The van der Waals surface area contributed by atoms with Crippen LogP contribution in [0.15, 0.2) is 12.2 Å². The Kier molecular flexibility index (Phi) is 13.6. The average Bonchev–Trinajstić information content (AvgIpc) is 1.88. The minimum absolute atomic E-state index is 0.635. The van der Waals surface area contributed by atoms with E-state index in [2.05, 4.69) is 27.4 Å². The Hall–Kier alpha value is -0.300. The van der Waals surface area contributed by atoms with Gasteiger partial charge in [-0.3, -0.25) is 0 Å². The second-order valence-electron chi connectivity index (χ2n) is 2.01. The first kappa shape index (κ1) is 11.5. The minimum atomic E-state index is 0.635. The van der Waals surface area contributed by atoms with Crippen LogP contribution < -0.4 is 5.73 Å². The summed E-state index contributed by atoms with van der Waals surface area (Å²) >= 11 is 0. The number of hydrogen-bond donors (Lipinski definition) is 1. The van der Waals surface area contributed by atoms with Crippen LogP contribution in [0, 0.1) is 0 Å². The van der Waals surface area contributed by atoms with Gasteiger partial charge >= 0.3 is 0 Å². The van der Waals surface area contributed by atoms with Gasteiger partial charge in [0.15, 0.2) is 0 Å². The second kappa shape index (κ2) is 10.6. The summed E-state index contributed by atoms with van der Waals surface area (Å²) in [5.74, 6) is 0. The highest BCUT2D eigenvalue weighted by Crippen LogP contribution is 1.88. The Morgan fingerprint density at radius 3 is 1.67 bits per heavy atom. The first-order chi connectivity index (χ1) is 4.22. The summed E-state index contributed by atoms with van der Waals surface area (Å²) in [5.41, 5.74) is 6.30.